The van der Waals surface area contributed by atoms with Crippen molar-refractivity contribution < 1.29 is 9.47 Å². The Morgan fingerprint density at radius 3 is 2.68 bits per heavy atom. The normalized spacial score (nSPS) is 10.9. The number of imidazole rings is 1. The summed E-state index contributed by atoms with van der Waals surface area (Å²) in [6.07, 6.45) is 7.32. The molecule has 3 aromatic heterocycles. The van der Waals surface area contributed by atoms with E-state index in [1.165, 1.54) is 16.8 Å². The molecule has 0 bridgehead atoms. The zero-order valence-corrected chi connectivity index (χ0v) is 15.6. The van der Waals surface area contributed by atoms with Crippen LogP contribution in [0.15, 0.2) is 60.0 Å². The Morgan fingerprint density at radius 2 is 1.93 bits per heavy atom. The number of methoxy groups -OCH3 is 2. The van der Waals surface area contributed by atoms with Gasteiger partial charge in [0.1, 0.15) is 17.8 Å². The molecular formula is C20H19N5O3. The number of aromatic nitrogens is 5. The van der Waals surface area contributed by atoms with Gasteiger partial charge in [-0.05, 0) is 36.2 Å². The first-order valence-corrected chi connectivity index (χ1v) is 8.75. The van der Waals surface area contributed by atoms with Crippen LogP contribution in [-0.4, -0.2) is 38.1 Å². The van der Waals surface area contributed by atoms with Crippen LogP contribution >= 0.6 is 0 Å². The Kier molecular flexibility index (Phi) is 4.76. The van der Waals surface area contributed by atoms with E-state index in [1.807, 2.05) is 29.0 Å². The molecule has 28 heavy (non-hydrogen) atoms. The summed E-state index contributed by atoms with van der Waals surface area (Å²) in [6.45, 7) is 0.625. The number of nitrogens with zero attached hydrogens (tertiary/aromatic N) is 5. The van der Waals surface area contributed by atoms with Crippen molar-refractivity contribution >= 4 is 5.78 Å². The Morgan fingerprint density at radius 1 is 1.04 bits per heavy atom. The largest absolute Gasteiger partial charge is 0.497 e. The molecule has 0 amide bonds. The van der Waals surface area contributed by atoms with Gasteiger partial charge < -0.3 is 14.0 Å². The van der Waals surface area contributed by atoms with Crippen molar-refractivity contribution in [3.63, 3.8) is 0 Å². The third-order valence-corrected chi connectivity index (χ3v) is 4.54. The van der Waals surface area contributed by atoms with Gasteiger partial charge in [-0.2, -0.15) is 0 Å². The van der Waals surface area contributed by atoms with Gasteiger partial charge in [-0.1, -0.05) is 0 Å². The van der Waals surface area contributed by atoms with Crippen molar-refractivity contribution in [2.45, 2.75) is 13.0 Å². The third kappa shape index (κ3) is 3.32. The minimum Gasteiger partial charge on any atom is -0.497 e. The fourth-order valence-corrected chi connectivity index (χ4v) is 3.10. The van der Waals surface area contributed by atoms with Gasteiger partial charge in [0.2, 0.25) is 5.78 Å². The molecular weight excluding hydrogens is 358 g/mol. The number of aryl methyl sites for hydroxylation is 2. The van der Waals surface area contributed by atoms with E-state index in [9.17, 15) is 4.79 Å². The van der Waals surface area contributed by atoms with Gasteiger partial charge in [0.05, 0.1) is 25.6 Å². The van der Waals surface area contributed by atoms with Crippen LogP contribution in [0.4, 0.5) is 0 Å². The van der Waals surface area contributed by atoms with Crippen molar-refractivity contribution in [2.24, 2.45) is 0 Å². The fourth-order valence-electron chi connectivity index (χ4n) is 3.10. The minimum absolute atomic E-state index is 0.156. The van der Waals surface area contributed by atoms with E-state index in [0.717, 1.165) is 17.1 Å². The van der Waals surface area contributed by atoms with E-state index >= 15 is 0 Å². The second kappa shape index (κ2) is 7.51. The molecule has 0 N–H and O–H groups in total. The summed E-state index contributed by atoms with van der Waals surface area (Å²) >= 11 is 0. The summed E-state index contributed by atoms with van der Waals surface area (Å²) in [4.78, 5) is 25.2. The number of hydrogen-bond acceptors (Lipinski definition) is 6. The minimum atomic E-state index is -0.156. The number of rotatable bonds is 6. The van der Waals surface area contributed by atoms with Gasteiger partial charge in [0, 0.05) is 31.2 Å². The van der Waals surface area contributed by atoms with Crippen LogP contribution in [0.2, 0.25) is 0 Å². The number of benzene rings is 1. The molecule has 4 rings (SSSR count). The van der Waals surface area contributed by atoms with Crippen LogP contribution in [0.5, 0.6) is 11.5 Å². The molecule has 0 saturated carbocycles. The molecule has 8 nitrogen and oxygen atoms in total. The van der Waals surface area contributed by atoms with Gasteiger partial charge in [-0.3, -0.25) is 9.20 Å². The van der Waals surface area contributed by atoms with Crippen LogP contribution < -0.4 is 15.0 Å². The van der Waals surface area contributed by atoms with E-state index in [0.29, 0.717) is 30.1 Å². The molecule has 1 aromatic carbocycles. The lowest BCUT2D eigenvalue weighted by Crippen LogP contribution is -2.14. The highest BCUT2D eigenvalue weighted by Gasteiger charge is 2.11. The Bertz CT molecular complexity index is 1170. The van der Waals surface area contributed by atoms with Crippen molar-refractivity contribution in [3.8, 4) is 22.9 Å². The molecule has 4 aromatic rings. The number of ether oxygens (including phenoxy) is 2. The maximum Gasteiger partial charge on any atom is 0.259 e. The topological polar surface area (TPSA) is 83.5 Å². The predicted octanol–water partition coefficient (Wildman–Crippen LogP) is 2.21. The predicted molar refractivity (Wildman–Crippen MR) is 104 cm³/mol. The maximum atomic E-state index is 12.5. The molecule has 0 aliphatic rings. The molecule has 0 fully saturated rings. The standard InChI is InChI=1S/C20H19N5O3/c1-27-15-3-4-18(28-2)14(11-15)6-8-24-9-10-25-19(26)12-17(23-20(24)25)16-5-7-21-13-22-16/h3-5,7,9-13H,6,8H2,1-2H3. The quantitative estimate of drug-likeness (QED) is 0.512. The lowest BCUT2D eigenvalue weighted by molar-refractivity contribution is 0.398. The van der Waals surface area contributed by atoms with Crippen LogP contribution in [-0.2, 0) is 13.0 Å². The average Bonchev–Trinajstić information content (AvgIpc) is 3.16. The number of fused-ring (bicyclic) bond motifs is 1. The summed E-state index contributed by atoms with van der Waals surface area (Å²) in [6, 6.07) is 8.91. The van der Waals surface area contributed by atoms with Crippen LogP contribution in [0.3, 0.4) is 0 Å². The molecule has 0 saturated heterocycles. The van der Waals surface area contributed by atoms with E-state index < -0.39 is 0 Å². The highest BCUT2D eigenvalue weighted by atomic mass is 16.5. The third-order valence-electron chi connectivity index (χ3n) is 4.54. The van der Waals surface area contributed by atoms with Gasteiger partial charge in [-0.25, -0.2) is 15.0 Å². The van der Waals surface area contributed by atoms with Gasteiger partial charge >= 0.3 is 0 Å². The second-order valence-corrected chi connectivity index (χ2v) is 6.16. The Labute approximate surface area is 161 Å². The van der Waals surface area contributed by atoms with Crippen LogP contribution in [0.1, 0.15) is 5.56 Å². The van der Waals surface area contributed by atoms with Crippen molar-refractivity contribution in [1.29, 1.82) is 0 Å². The molecule has 0 aliphatic carbocycles. The highest BCUT2D eigenvalue weighted by Crippen LogP contribution is 2.25. The van der Waals surface area contributed by atoms with Crippen LogP contribution in [0.25, 0.3) is 17.2 Å². The van der Waals surface area contributed by atoms with E-state index in [-0.39, 0.29) is 5.56 Å². The van der Waals surface area contributed by atoms with Crippen molar-refractivity contribution in [3.05, 3.63) is 71.2 Å². The Balaban J connectivity index is 1.68. The zero-order chi connectivity index (χ0) is 19.5. The zero-order valence-electron chi connectivity index (χ0n) is 15.6. The van der Waals surface area contributed by atoms with Crippen LogP contribution in [0, 0.1) is 0 Å². The van der Waals surface area contributed by atoms with E-state index in [2.05, 4.69) is 15.0 Å². The summed E-state index contributed by atoms with van der Waals surface area (Å²) in [5, 5.41) is 0. The first-order valence-electron chi connectivity index (χ1n) is 8.75. The van der Waals surface area contributed by atoms with Gasteiger partial charge in [0.15, 0.2) is 0 Å². The van der Waals surface area contributed by atoms with Crippen molar-refractivity contribution in [2.75, 3.05) is 14.2 Å². The molecule has 3 heterocycles. The molecule has 8 heteroatoms. The number of hydrogen-bond donors (Lipinski definition) is 0. The molecule has 0 aliphatic heterocycles. The molecule has 0 unspecified atom stereocenters. The summed E-state index contributed by atoms with van der Waals surface area (Å²) in [5.74, 6) is 2.13. The SMILES string of the molecule is COc1ccc(OC)c(CCn2ccn3c(=O)cc(-c4ccncn4)nc23)c1. The average molecular weight is 377 g/mol. The molecule has 0 radical (unpaired) electrons. The first-order chi connectivity index (χ1) is 13.7. The van der Waals surface area contributed by atoms with Gasteiger partial charge in [-0.15, -0.1) is 0 Å². The summed E-state index contributed by atoms with van der Waals surface area (Å²) in [7, 11) is 3.28. The highest BCUT2D eigenvalue weighted by molar-refractivity contribution is 5.55. The molecule has 142 valence electrons. The Hall–Kier alpha value is -3.68. The molecule has 0 atom stereocenters. The van der Waals surface area contributed by atoms with E-state index in [1.54, 1.807) is 32.7 Å². The lowest BCUT2D eigenvalue weighted by Gasteiger charge is -2.11. The monoisotopic (exact) mass is 377 g/mol. The molecule has 0 spiro atoms. The van der Waals surface area contributed by atoms with Crippen molar-refractivity contribution in [1.82, 2.24) is 23.9 Å². The smallest absolute Gasteiger partial charge is 0.259 e. The summed E-state index contributed by atoms with van der Waals surface area (Å²) < 4.78 is 14.2. The first kappa shape index (κ1) is 17.7. The van der Waals surface area contributed by atoms with E-state index in [4.69, 9.17) is 9.47 Å². The maximum absolute atomic E-state index is 12.5. The fraction of sp³-hybridized carbons (Fsp3) is 0.200. The second-order valence-electron chi connectivity index (χ2n) is 6.16. The van der Waals surface area contributed by atoms with Gasteiger partial charge in [0.25, 0.3) is 5.56 Å². The lowest BCUT2D eigenvalue weighted by atomic mass is 10.1. The summed E-state index contributed by atoms with van der Waals surface area (Å²) in [5.41, 5.74) is 1.99.